The number of para-hydroxylation sites is 3. The summed E-state index contributed by atoms with van der Waals surface area (Å²) in [5.41, 5.74) is 8.46. The van der Waals surface area contributed by atoms with Crippen LogP contribution in [0.3, 0.4) is 0 Å². The predicted octanol–water partition coefficient (Wildman–Crippen LogP) is 17.3. The van der Waals surface area contributed by atoms with Crippen LogP contribution in [-0.2, 0) is 41.0 Å². The van der Waals surface area contributed by atoms with Crippen molar-refractivity contribution in [1.82, 2.24) is 18.7 Å². The number of benzene rings is 7. The molecular weight excluding hydrogens is 1050 g/mol. The SMILES string of the molecule is [2H]c1c([2H])c([2H])c(-c2cccc(-c3c([2H])c([2H])c([2H])c([2H])c3[2H])c2-n2[c](=[Pt])n(-c3cc(Oc4ccc5c6ccc7c(c6n(-c6cc(C(C)(C)C)ccn6)c5c4)C(C)(C)C(C)(C)C7(C)C)cc(C(C)(C)C)c3)c3ccccc32)c([2H])c1[2H]. The molecule has 10 aromatic rings. The normalized spacial score (nSPS) is 17.2. The first-order chi connectivity index (χ1) is 37.8. The molecular formula is C65H64N4OPt. The zero-order valence-electron chi connectivity index (χ0n) is 52.4. The molecule has 0 saturated carbocycles. The van der Waals surface area contributed by atoms with Gasteiger partial charge in [0.1, 0.15) is 0 Å². The molecule has 360 valence electrons. The van der Waals surface area contributed by atoms with Crippen molar-refractivity contribution in [2.45, 2.75) is 105 Å². The number of hydrogen-bond acceptors (Lipinski definition) is 2. The molecule has 71 heavy (non-hydrogen) atoms. The first kappa shape index (κ1) is 36.4. The van der Waals surface area contributed by atoms with Gasteiger partial charge in [-0.25, -0.2) is 0 Å². The van der Waals surface area contributed by atoms with Gasteiger partial charge in [0, 0.05) is 6.20 Å². The Labute approximate surface area is 444 Å². The summed E-state index contributed by atoms with van der Waals surface area (Å²) in [7, 11) is 0. The van der Waals surface area contributed by atoms with Gasteiger partial charge in [0.25, 0.3) is 0 Å². The molecule has 0 atom stereocenters. The number of nitrogens with zero attached hydrogens (tertiary/aromatic N) is 4. The van der Waals surface area contributed by atoms with E-state index in [1.54, 1.807) is 18.2 Å². The first-order valence-corrected chi connectivity index (χ1v) is 25.3. The standard InChI is InChI=1S/C65H64N4O.Pt/c1-61(2,3)44-34-35-66-57(38-44)69-56-40-47(30-31-51(56)52-32-33-53-58(60(52)69)64(9,10)65(11,12)63(53,7)8)70-48-37-45(62(4,5)6)36-46(39-48)67-41-68(55-29-20-19-28-54(55)67)59-49(42-22-15-13-16-23-42)26-21-27-50(59)43-24-17-14-18-25-43;/h13-40H,1-12H3;/i13D,14D,15D,16D,17D,18D,22D,23D,24D,25D;. The Bertz CT molecular complexity index is 4270. The van der Waals surface area contributed by atoms with Crippen LogP contribution < -0.4 is 4.74 Å². The van der Waals surface area contributed by atoms with Gasteiger partial charge in [0.15, 0.2) is 0 Å². The Morgan fingerprint density at radius 2 is 1.15 bits per heavy atom. The summed E-state index contributed by atoms with van der Waals surface area (Å²) >= 11 is 2.22. The van der Waals surface area contributed by atoms with E-state index in [-0.39, 0.29) is 55.0 Å². The molecule has 7 aromatic carbocycles. The van der Waals surface area contributed by atoms with Gasteiger partial charge in [-0.1, -0.05) is 68.4 Å². The van der Waals surface area contributed by atoms with Crippen LogP contribution in [0.1, 0.15) is 119 Å². The second kappa shape index (κ2) is 16.5. The topological polar surface area (TPSA) is 36.9 Å². The average Bonchev–Trinajstić information content (AvgIpc) is 1.69. The summed E-state index contributed by atoms with van der Waals surface area (Å²) in [6.45, 7) is 27.4. The second-order valence-electron chi connectivity index (χ2n) is 22.6. The Kier molecular flexibility index (Phi) is 8.46. The van der Waals surface area contributed by atoms with Crippen LogP contribution in [-0.4, -0.2) is 18.7 Å². The molecule has 3 heterocycles. The zero-order chi connectivity index (χ0) is 58.7. The molecule has 0 unspecified atom stereocenters. The molecule has 0 amide bonds. The molecule has 6 heteroatoms. The van der Waals surface area contributed by atoms with E-state index in [0.29, 0.717) is 20.8 Å². The molecule has 0 N–H and O–H groups in total. The van der Waals surface area contributed by atoms with Crippen molar-refractivity contribution in [3.63, 3.8) is 0 Å². The number of imidazole rings is 1. The first-order valence-electron chi connectivity index (χ1n) is 29.2. The molecule has 3 aromatic heterocycles. The van der Waals surface area contributed by atoms with Gasteiger partial charge in [-0.05, 0) is 38.9 Å². The molecule has 0 aliphatic heterocycles. The Hall–Kier alpha value is -6.55. The van der Waals surface area contributed by atoms with E-state index >= 15 is 0 Å². The number of hydrogen-bond donors (Lipinski definition) is 0. The van der Waals surface area contributed by atoms with Crippen molar-refractivity contribution < 1.29 is 37.8 Å². The Morgan fingerprint density at radius 3 is 1.77 bits per heavy atom. The summed E-state index contributed by atoms with van der Waals surface area (Å²) in [6.07, 6.45) is 1.91. The van der Waals surface area contributed by atoms with Crippen LogP contribution in [0.4, 0.5) is 0 Å². The Balaban J connectivity index is 1.16. The summed E-state index contributed by atoms with van der Waals surface area (Å²) in [4.78, 5) is 5.11. The minimum atomic E-state index is -0.557. The van der Waals surface area contributed by atoms with Crippen molar-refractivity contribution in [2.24, 2.45) is 5.41 Å². The van der Waals surface area contributed by atoms with Crippen molar-refractivity contribution >= 4 is 32.8 Å². The van der Waals surface area contributed by atoms with E-state index in [9.17, 15) is 5.48 Å². The van der Waals surface area contributed by atoms with Crippen LogP contribution in [0.2, 0.25) is 0 Å². The summed E-state index contributed by atoms with van der Waals surface area (Å²) in [5, 5.41) is 2.22. The van der Waals surface area contributed by atoms with Crippen molar-refractivity contribution in [3.8, 4) is 50.9 Å². The summed E-state index contributed by atoms with van der Waals surface area (Å²) in [5.74, 6) is 2.01. The fourth-order valence-electron chi connectivity index (χ4n) is 10.8. The van der Waals surface area contributed by atoms with Crippen LogP contribution in [0.25, 0.3) is 72.3 Å². The molecule has 11 rings (SSSR count). The Morgan fingerprint density at radius 1 is 0.549 bits per heavy atom. The van der Waals surface area contributed by atoms with Crippen molar-refractivity contribution in [1.29, 1.82) is 0 Å². The monoisotopic (exact) mass is 1120 g/mol. The molecule has 0 saturated heterocycles. The fraction of sp³-hybridized carbons (Fsp3) is 0.262. The fourth-order valence-corrected chi connectivity index (χ4v) is 11.9. The van der Waals surface area contributed by atoms with Gasteiger partial charge in [-0.2, -0.15) is 0 Å². The number of pyridine rings is 1. The maximum absolute atomic E-state index is 9.21. The molecule has 0 fully saturated rings. The average molecular weight is 1120 g/mol. The van der Waals surface area contributed by atoms with E-state index in [1.165, 1.54) is 16.7 Å². The van der Waals surface area contributed by atoms with Gasteiger partial charge >= 0.3 is 333 Å². The molecule has 0 radical (unpaired) electrons. The van der Waals surface area contributed by atoms with E-state index in [0.717, 1.165) is 44.4 Å². The van der Waals surface area contributed by atoms with Gasteiger partial charge in [0.05, 0.1) is 0 Å². The third kappa shape index (κ3) is 7.36. The van der Waals surface area contributed by atoms with Crippen LogP contribution in [0.15, 0.2) is 170 Å². The van der Waals surface area contributed by atoms with Gasteiger partial charge in [-0.3, -0.25) is 0 Å². The van der Waals surface area contributed by atoms with Gasteiger partial charge in [-0.15, -0.1) is 0 Å². The van der Waals surface area contributed by atoms with Crippen LogP contribution in [0, 0.1) is 9.22 Å². The van der Waals surface area contributed by atoms with Gasteiger partial charge < -0.3 is 0 Å². The van der Waals surface area contributed by atoms with Crippen molar-refractivity contribution in [3.05, 3.63) is 196 Å². The van der Waals surface area contributed by atoms with Crippen LogP contribution >= 0.6 is 0 Å². The zero-order valence-corrected chi connectivity index (χ0v) is 44.7. The molecule has 0 spiro atoms. The predicted molar refractivity (Wildman–Crippen MR) is 293 cm³/mol. The quantitative estimate of drug-likeness (QED) is 0.159. The third-order valence-corrected chi connectivity index (χ3v) is 16.9. The van der Waals surface area contributed by atoms with E-state index < -0.39 is 60.4 Å². The number of rotatable bonds is 7. The second-order valence-corrected chi connectivity index (χ2v) is 23.6. The summed E-state index contributed by atoms with van der Waals surface area (Å²) < 4.78 is 103. The van der Waals surface area contributed by atoms with Crippen molar-refractivity contribution in [2.75, 3.05) is 0 Å². The molecule has 1 aliphatic rings. The minimum absolute atomic E-state index is 0.0921. The number of ether oxygens (including phenoxy) is 1. The third-order valence-electron chi connectivity index (χ3n) is 15.9. The number of aromatic nitrogens is 4. The molecule has 0 bridgehead atoms. The summed E-state index contributed by atoms with van der Waals surface area (Å²) in [6, 6.07) is 28.9. The number of fused-ring (bicyclic) bond motifs is 6. The van der Waals surface area contributed by atoms with Crippen LogP contribution in [0.5, 0.6) is 11.5 Å². The van der Waals surface area contributed by atoms with E-state index in [4.69, 9.17) is 17.9 Å². The molecule has 1 aliphatic carbocycles. The van der Waals surface area contributed by atoms with E-state index in [2.05, 4.69) is 160 Å². The maximum atomic E-state index is 9.21. The molecule has 5 nitrogen and oxygen atoms in total. The van der Waals surface area contributed by atoms with Gasteiger partial charge in [0.2, 0.25) is 0 Å². The van der Waals surface area contributed by atoms with E-state index in [1.807, 2.05) is 47.2 Å².